The number of anilines is 1. The molecule has 1 spiro atoms. The van der Waals surface area contributed by atoms with Crippen LogP contribution in [0.25, 0.3) is 0 Å². The van der Waals surface area contributed by atoms with Crippen LogP contribution in [-0.4, -0.2) is 32.2 Å². The van der Waals surface area contributed by atoms with Gasteiger partial charge in [-0.05, 0) is 37.3 Å². The molecular formula is C21H27N2O2+. The number of hydrogen-bond acceptors (Lipinski definition) is 3. The van der Waals surface area contributed by atoms with Crippen LogP contribution in [0.2, 0.25) is 0 Å². The van der Waals surface area contributed by atoms with Crippen LogP contribution in [0, 0.1) is 5.41 Å². The lowest BCUT2D eigenvalue weighted by atomic mass is 9.53. The van der Waals surface area contributed by atoms with Gasteiger partial charge in [-0.2, -0.15) is 0 Å². The Labute approximate surface area is 149 Å². The van der Waals surface area contributed by atoms with Gasteiger partial charge in [0.25, 0.3) is 0 Å². The molecule has 1 aromatic carbocycles. The number of para-hydroxylation sites is 1. The number of methoxy groups -OCH3 is 1. The van der Waals surface area contributed by atoms with E-state index in [1.165, 1.54) is 44.3 Å². The second kappa shape index (κ2) is 5.10. The first kappa shape index (κ1) is 15.4. The van der Waals surface area contributed by atoms with Gasteiger partial charge in [-0.3, -0.25) is 0 Å². The third-order valence-corrected chi connectivity index (χ3v) is 7.61. The molecule has 1 unspecified atom stereocenters. The van der Waals surface area contributed by atoms with Gasteiger partial charge in [-0.25, -0.2) is 4.79 Å². The van der Waals surface area contributed by atoms with Crippen LogP contribution in [0.4, 0.5) is 5.69 Å². The topological polar surface area (TPSA) is 42.8 Å². The first-order valence-electron chi connectivity index (χ1n) is 9.69. The van der Waals surface area contributed by atoms with Crippen molar-refractivity contribution in [3.8, 4) is 0 Å². The summed E-state index contributed by atoms with van der Waals surface area (Å²) >= 11 is 0. The zero-order valence-electron chi connectivity index (χ0n) is 15.2. The molecule has 0 radical (unpaired) electrons. The molecule has 4 atom stereocenters. The van der Waals surface area contributed by atoms with Crippen molar-refractivity contribution in [1.29, 1.82) is 0 Å². The molecule has 4 nitrogen and oxygen atoms in total. The number of piperidine rings is 1. The fraction of sp³-hybridized carbons (Fsp3) is 0.571. The fourth-order valence-electron chi connectivity index (χ4n) is 6.73. The van der Waals surface area contributed by atoms with Gasteiger partial charge in [0.15, 0.2) is 0 Å². The number of hydrogen-bond donors (Lipinski definition) is 2. The van der Waals surface area contributed by atoms with Gasteiger partial charge in [-0.1, -0.05) is 25.1 Å². The maximum atomic E-state index is 12.7. The van der Waals surface area contributed by atoms with E-state index in [1.807, 2.05) is 0 Å². The third-order valence-electron chi connectivity index (χ3n) is 7.61. The lowest BCUT2D eigenvalue weighted by molar-refractivity contribution is -0.929. The van der Waals surface area contributed by atoms with Crippen molar-refractivity contribution in [2.24, 2.45) is 5.41 Å². The summed E-state index contributed by atoms with van der Waals surface area (Å²) in [6, 6.07) is 9.27. The third kappa shape index (κ3) is 1.74. The molecule has 5 rings (SSSR count). The Balaban J connectivity index is 1.81. The average molecular weight is 339 g/mol. The second-order valence-electron chi connectivity index (χ2n) is 8.32. The summed E-state index contributed by atoms with van der Waals surface area (Å²) < 4.78 is 5.23. The first-order valence-corrected chi connectivity index (χ1v) is 9.69. The Morgan fingerprint density at radius 3 is 2.96 bits per heavy atom. The molecule has 0 aromatic heterocycles. The van der Waals surface area contributed by atoms with E-state index >= 15 is 0 Å². The number of benzene rings is 1. The molecular weight excluding hydrogens is 312 g/mol. The van der Waals surface area contributed by atoms with Crippen LogP contribution in [0.5, 0.6) is 0 Å². The highest BCUT2D eigenvalue weighted by Gasteiger charge is 2.69. The highest BCUT2D eigenvalue weighted by molar-refractivity contribution is 5.93. The summed E-state index contributed by atoms with van der Waals surface area (Å²) in [7, 11) is 1.52. The molecule has 3 heterocycles. The van der Waals surface area contributed by atoms with Crippen molar-refractivity contribution >= 4 is 11.7 Å². The van der Waals surface area contributed by atoms with Crippen LogP contribution < -0.4 is 10.2 Å². The van der Waals surface area contributed by atoms with Gasteiger partial charge in [0, 0.05) is 23.2 Å². The molecule has 0 saturated carbocycles. The summed E-state index contributed by atoms with van der Waals surface area (Å²) in [6.07, 6.45) is 5.64. The van der Waals surface area contributed by atoms with E-state index in [9.17, 15) is 4.79 Å². The number of carbonyl (C=O) groups excluding carboxylic acids is 1. The van der Waals surface area contributed by atoms with Crippen molar-refractivity contribution in [3.63, 3.8) is 0 Å². The smallest absolute Gasteiger partial charge is 0.335 e. The minimum atomic E-state index is -0.139. The van der Waals surface area contributed by atoms with Crippen molar-refractivity contribution in [2.45, 2.75) is 50.5 Å². The van der Waals surface area contributed by atoms with Crippen LogP contribution in [-0.2, 0) is 14.9 Å². The number of fused-ring (bicyclic) bond motifs is 1. The fourth-order valence-corrected chi connectivity index (χ4v) is 6.73. The van der Waals surface area contributed by atoms with Gasteiger partial charge in [0.1, 0.15) is 6.04 Å². The largest absolute Gasteiger partial charge is 0.466 e. The van der Waals surface area contributed by atoms with Crippen molar-refractivity contribution in [3.05, 3.63) is 41.1 Å². The minimum absolute atomic E-state index is 0.0237. The van der Waals surface area contributed by atoms with Crippen LogP contribution in [0.3, 0.4) is 0 Å². The highest BCUT2D eigenvalue weighted by atomic mass is 16.5. The Morgan fingerprint density at radius 2 is 2.16 bits per heavy atom. The number of rotatable bonds is 2. The van der Waals surface area contributed by atoms with E-state index in [2.05, 4.69) is 36.5 Å². The summed E-state index contributed by atoms with van der Waals surface area (Å²) in [5.74, 6) is -0.139. The Hall–Kier alpha value is -1.81. The zero-order valence-corrected chi connectivity index (χ0v) is 15.2. The van der Waals surface area contributed by atoms with E-state index < -0.39 is 0 Å². The molecule has 0 bridgehead atoms. The Morgan fingerprint density at radius 1 is 1.32 bits per heavy atom. The number of ether oxygens (including phenoxy) is 1. The van der Waals surface area contributed by atoms with Crippen LogP contribution in [0.15, 0.2) is 35.5 Å². The van der Waals surface area contributed by atoms with E-state index in [-0.39, 0.29) is 16.8 Å². The maximum absolute atomic E-state index is 12.7. The number of esters is 1. The average Bonchev–Trinajstić information content (AvgIpc) is 3.21. The molecule has 2 fully saturated rings. The molecule has 2 N–H and O–H groups in total. The molecule has 2 saturated heterocycles. The highest BCUT2D eigenvalue weighted by Crippen LogP contribution is 2.61. The molecule has 4 heteroatoms. The predicted octanol–water partition coefficient (Wildman–Crippen LogP) is 2.03. The number of quaternary nitrogens is 1. The van der Waals surface area contributed by atoms with Gasteiger partial charge in [0.05, 0.1) is 31.2 Å². The van der Waals surface area contributed by atoms with Gasteiger partial charge >= 0.3 is 5.97 Å². The molecule has 1 aliphatic carbocycles. The van der Waals surface area contributed by atoms with Crippen molar-refractivity contribution in [2.75, 3.05) is 25.5 Å². The van der Waals surface area contributed by atoms with Crippen molar-refractivity contribution < 1.29 is 14.4 Å². The second-order valence-corrected chi connectivity index (χ2v) is 8.32. The van der Waals surface area contributed by atoms with Crippen LogP contribution >= 0.6 is 0 Å². The molecule has 4 aliphatic rings. The standard InChI is InChI=1S/C21H26N2O2/c1-3-20-9-6-11-23-12-10-21(19(20)23)15-7-4-5-8-16(15)22-17(21)14(13-20)18(24)25-2/h4-5,7-8,19,22H,3,6,9-13H2,1-2H3/p+1/t19-,20+,21+/m1/s1. The quantitative estimate of drug-likeness (QED) is 0.810. The number of nitrogens with one attached hydrogen (secondary N) is 2. The van der Waals surface area contributed by atoms with Gasteiger partial charge in [0.2, 0.25) is 0 Å². The molecule has 25 heavy (non-hydrogen) atoms. The summed E-state index contributed by atoms with van der Waals surface area (Å²) in [5, 5.41) is 3.66. The number of carbonyl (C=O) groups is 1. The van der Waals surface area contributed by atoms with Gasteiger partial charge < -0.3 is 15.0 Å². The summed E-state index contributed by atoms with van der Waals surface area (Å²) in [6.45, 7) is 4.81. The van der Waals surface area contributed by atoms with Gasteiger partial charge in [-0.15, -0.1) is 0 Å². The maximum Gasteiger partial charge on any atom is 0.335 e. The lowest BCUT2D eigenvalue weighted by Gasteiger charge is -2.53. The van der Waals surface area contributed by atoms with E-state index in [4.69, 9.17) is 4.74 Å². The zero-order chi connectivity index (χ0) is 17.2. The Bertz CT molecular complexity index is 786. The molecule has 0 amide bonds. The molecule has 3 aliphatic heterocycles. The van der Waals surface area contributed by atoms with E-state index in [1.54, 1.807) is 4.90 Å². The lowest BCUT2D eigenvalue weighted by Crippen LogP contribution is -3.17. The Kier molecular flexibility index (Phi) is 3.15. The normalized spacial score (nSPS) is 37.8. The van der Waals surface area contributed by atoms with Crippen molar-refractivity contribution in [1.82, 2.24) is 0 Å². The van der Waals surface area contributed by atoms with Crippen LogP contribution in [0.1, 0.15) is 44.6 Å². The van der Waals surface area contributed by atoms with E-state index in [0.717, 1.165) is 30.5 Å². The monoisotopic (exact) mass is 339 g/mol. The SMILES string of the molecule is CC[C@]12CCC[NH+]3CC[C@]4(C(=C(C(=O)OC)C1)Nc1ccccc14)[C@H]32. The minimum Gasteiger partial charge on any atom is -0.466 e. The summed E-state index contributed by atoms with van der Waals surface area (Å²) in [4.78, 5) is 14.5. The summed E-state index contributed by atoms with van der Waals surface area (Å²) in [5.41, 5.74) is 4.86. The molecule has 1 aromatic rings. The van der Waals surface area contributed by atoms with E-state index in [0.29, 0.717) is 6.04 Å². The first-order chi connectivity index (χ1) is 12.2. The predicted molar refractivity (Wildman–Crippen MR) is 96.5 cm³/mol. The molecule has 132 valence electrons.